The van der Waals surface area contributed by atoms with Crippen LogP contribution in [0.1, 0.15) is 59.8 Å². The molecule has 52 heavy (non-hydrogen) atoms. The summed E-state index contributed by atoms with van der Waals surface area (Å²) in [5.41, 5.74) is 7.07. The maximum Gasteiger partial charge on any atom is 0.273 e. The molecule has 9 rings (SSSR count). The number of halogens is 2. The minimum absolute atomic E-state index is 0.255. The molecule has 1 amide bonds. The predicted octanol–water partition coefficient (Wildman–Crippen LogP) is 9.07. The van der Waals surface area contributed by atoms with Gasteiger partial charge >= 0.3 is 0 Å². The molecule has 1 saturated carbocycles. The molecule has 1 atom stereocenters. The standard InChI is InChI=1S/C41H39Cl2N7O2/c1-52-32-16-17-44-40(49-20-18-48(19-21-49)29-10-6-3-7-11-29)36(32)47-41(51)37-34-33-30(22-28(43)23-31(33)46-37)38(26-12-14-27(42)15-13-26)50-24-45-35(39(34)50)25-8-4-2-5-9-25/h2,4-5,8-9,12-17,22-24,29,38,46H,3,6-7,10-11,18-21H2,1H3,(H,47,51). The van der Waals surface area contributed by atoms with E-state index in [1.54, 1.807) is 19.4 Å². The summed E-state index contributed by atoms with van der Waals surface area (Å²) < 4.78 is 7.99. The van der Waals surface area contributed by atoms with E-state index < -0.39 is 0 Å². The number of hydrogen-bond acceptors (Lipinski definition) is 6. The fourth-order valence-corrected chi connectivity index (χ4v) is 8.93. The lowest BCUT2D eigenvalue weighted by molar-refractivity contribution is 0.102. The number of carbonyl (C=O) groups excluding carboxylic acids is 1. The van der Waals surface area contributed by atoms with Crippen molar-refractivity contribution >= 4 is 51.5 Å². The van der Waals surface area contributed by atoms with Crippen molar-refractivity contribution in [2.24, 2.45) is 0 Å². The summed E-state index contributed by atoms with van der Waals surface area (Å²) in [5, 5.41) is 5.40. The third-order valence-corrected chi connectivity index (χ3v) is 11.5. The Morgan fingerprint density at radius 2 is 1.67 bits per heavy atom. The molecule has 11 heteroatoms. The fraction of sp³-hybridized carbons (Fsp3) is 0.293. The quantitative estimate of drug-likeness (QED) is 0.170. The summed E-state index contributed by atoms with van der Waals surface area (Å²) in [4.78, 5) is 33.0. The summed E-state index contributed by atoms with van der Waals surface area (Å²) in [7, 11) is 1.62. The van der Waals surface area contributed by atoms with Crippen molar-refractivity contribution in [3.63, 3.8) is 0 Å². The number of ether oxygens (including phenoxy) is 1. The first kappa shape index (κ1) is 33.0. The van der Waals surface area contributed by atoms with Crippen molar-refractivity contribution in [2.75, 3.05) is 43.5 Å². The van der Waals surface area contributed by atoms with Gasteiger partial charge in [-0.3, -0.25) is 9.69 Å². The summed E-state index contributed by atoms with van der Waals surface area (Å²) >= 11 is 13.1. The number of anilines is 2. The van der Waals surface area contributed by atoms with Gasteiger partial charge in [-0.05, 0) is 48.2 Å². The smallest absolute Gasteiger partial charge is 0.273 e. The molecule has 1 aliphatic carbocycles. The first-order valence-corrected chi connectivity index (χ1v) is 18.8. The van der Waals surface area contributed by atoms with Crippen LogP contribution in [0.3, 0.4) is 0 Å². The Morgan fingerprint density at radius 1 is 0.904 bits per heavy atom. The van der Waals surface area contributed by atoms with E-state index >= 15 is 0 Å². The second-order valence-corrected chi connectivity index (χ2v) is 14.8. The lowest BCUT2D eigenvalue weighted by Crippen LogP contribution is -2.51. The largest absolute Gasteiger partial charge is 0.494 e. The third-order valence-electron chi connectivity index (χ3n) is 11.0. The monoisotopic (exact) mass is 731 g/mol. The van der Waals surface area contributed by atoms with Crippen LogP contribution in [0, 0.1) is 0 Å². The van der Waals surface area contributed by atoms with E-state index in [9.17, 15) is 4.79 Å². The molecule has 6 aromatic rings. The number of methoxy groups -OCH3 is 1. The van der Waals surface area contributed by atoms with Crippen molar-refractivity contribution in [1.82, 2.24) is 24.4 Å². The van der Waals surface area contributed by atoms with Gasteiger partial charge in [0, 0.05) is 76.6 Å². The number of rotatable bonds is 7. The fourth-order valence-electron chi connectivity index (χ4n) is 8.58. The summed E-state index contributed by atoms with van der Waals surface area (Å²) in [6.45, 7) is 3.58. The van der Waals surface area contributed by atoms with Gasteiger partial charge in [-0.25, -0.2) is 9.97 Å². The minimum Gasteiger partial charge on any atom is -0.494 e. The molecule has 1 saturated heterocycles. The van der Waals surface area contributed by atoms with Gasteiger partial charge in [0.15, 0.2) is 5.82 Å². The Bertz CT molecular complexity index is 2270. The number of aromatic nitrogens is 4. The molecule has 0 bridgehead atoms. The van der Waals surface area contributed by atoms with E-state index in [1.807, 2.05) is 73.1 Å². The summed E-state index contributed by atoms with van der Waals surface area (Å²) in [5.74, 6) is 0.958. The zero-order valence-corrected chi connectivity index (χ0v) is 30.4. The van der Waals surface area contributed by atoms with Gasteiger partial charge in [-0.1, -0.05) is 84.9 Å². The average molecular weight is 733 g/mol. The van der Waals surface area contributed by atoms with Crippen molar-refractivity contribution < 1.29 is 9.53 Å². The molecule has 9 nitrogen and oxygen atoms in total. The number of fused-ring (bicyclic) bond motifs is 2. The zero-order valence-electron chi connectivity index (χ0n) is 28.9. The van der Waals surface area contributed by atoms with Crippen LogP contribution in [-0.2, 0) is 0 Å². The number of pyridine rings is 1. The second-order valence-electron chi connectivity index (χ2n) is 13.9. The number of piperazine rings is 1. The molecule has 1 unspecified atom stereocenters. The molecule has 3 aliphatic rings. The van der Waals surface area contributed by atoms with E-state index in [0.717, 1.165) is 70.7 Å². The number of carbonyl (C=O) groups is 1. The first-order chi connectivity index (χ1) is 25.5. The minimum atomic E-state index is -0.307. The summed E-state index contributed by atoms with van der Waals surface area (Å²) in [6, 6.07) is 24.0. The highest BCUT2D eigenvalue weighted by Crippen LogP contribution is 2.50. The lowest BCUT2D eigenvalue weighted by Gasteiger charge is -2.41. The van der Waals surface area contributed by atoms with E-state index in [-0.39, 0.29) is 11.9 Å². The maximum absolute atomic E-state index is 14.8. The van der Waals surface area contributed by atoms with Gasteiger partial charge < -0.3 is 24.5 Å². The Morgan fingerprint density at radius 3 is 2.42 bits per heavy atom. The Kier molecular flexibility index (Phi) is 8.65. The number of benzene rings is 3. The number of imidazole rings is 1. The van der Waals surface area contributed by atoms with Crippen molar-refractivity contribution in [3.8, 4) is 28.3 Å². The highest BCUT2D eigenvalue weighted by atomic mass is 35.5. The van der Waals surface area contributed by atoms with Gasteiger partial charge in [0.2, 0.25) is 0 Å². The Labute approximate surface area is 312 Å². The highest BCUT2D eigenvalue weighted by Gasteiger charge is 2.36. The van der Waals surface area contributed by atoms with Crippen LogP contribution >= 0.6 is 23.2 Å². The van der Waals surface area contributed by atoms with E-state index in [2.05, 4.69) is 24.7 Å². The molecule has 5 heterocycles. The molecule has 2 fully saturated rings. The van der Waals surface area contributed by atoms with E-state index in [0.29, 0.717) is 39.0 Å². The molecule has 2 N–H and O–H groups in total. The topological polar surface area (TPSA) is 91.3 Å². The van der Waals surface area contributed by atoms with Crippen LogP contribution in [0.2, 0.25) is 10.0 Å². The Balaban J connectivity index is 1.14. The van der Waals surface area contributed by atoms with Crippen molar-refractivity contribution in [3.05, 3.63) is 112 Å². The van der Waals surface area contributed by atoms with Crippen LogP contribution < -0.4 is 15.0 Å². The molecule has 2 aliphatic heterocycles. The molecular formula is C41H39Cl2N7O2. The second kappa shape index (κ2) is 13.6. The van der Waals surface area contributed by atoms with Gasteiger partial charge in [0.25, 0.3) is 5.91 Å². The highest BCUT2D eigenvalue weighted by molar-refractivity contribution is 6.32. The van der Waals surface area contributed by atoms with Gasteiger partial charge in [-0.2, -0.15) is 0 Å². The lowest BCUT2D eigenvalue weighted by atomic mass is 9.88. The molecule has 0 radical (unpaired) electrons. The number of amides is 1. The van der Waals surface area contributed by atoms with E-state index in [4.69, 9.17) is 37.9 Å². The number of H-pyrrole nitrogens is 1. The van der Waals surface area contributed by atoms with Gasteiger partial charge in [-0.15, -0.1) is 0 Å². The number of hydrogen-bond donors (Lipinski definition) is 2. The number of nitrogens with one attached hydrogen (secondary N) is 2. The van der Waals surface area contributed by atoms with Crippen molar-refractivity contribution in [1.29, 1.82) is 0 Å². The zero-order chi connectivity index (χ0) is 35.3. The molecular weight excluding hydrogens is 693 g/mol. The normalized spacial score (nSPS) is 17.7. The van der Waals surface area contributed by atoms with Crippen LogP contribution in [-0.4, -0.2) is 69.7 Å². The summed E-state index contributed by atoms with van der Waals surface area (Å²) in [6.07, 6.45) is 10.2. The molecule has 3 aromatic heterocycles. The number of nitrogens with zero attached hydrogens (tertiary/aromatic N) is 5. The van der Waals surface area contributed by atoms with Crippen LogP contribution in [0.5, 0.6) is 5.75 Å². The maximum atomic E-state index is 14.8. The van der Waals surface area contributed by atoms with Gasteiger partial charge in [0.05, 0.1) is 30.9 Å². The first-order valence-electron chi connectivity index (χ1n) is 18.0. The third kappa shape index (κ3) is 5.72. The SMILES string of the molecule is COc1ccnc(N2CCN(C3CCCCC3)CC2)c1NC(=O)c1[nH]c2cc(Cl)cc3c2c1-c1c(-c2ccccc2)ncn1C3c1ccc(Cl)cc1. The van der Waals surface area contributed by atoms with Gasteiger partial charge in [0.1, 0.15) is 17.1 Å². The Hall–Kier alpha value is -4.83. The van der Waals surface area contributed by atoms with E-state index in [1.165, 1.54) is 32.1 Å². The van der Waals surface area contributed by atoms with Crippen LogP contribution in [0.25, 0.3) is 33.4 Å². The van der Waals surface area contributed by atoms with Crippen LogP contribution in [0.4, 0.5) is 11.5 Å². The molecule has 0 spiro atoms. The van der Waals surface area contributed by atoms with Crippen LogP contribution in [0.15, 0.2) is 85.3 Å². The number of aromatic amines is 1. The molecule has 3 aromatic carbocycles. The van der Waals surface area contributed by atoms with Crippen molar-refractivity contribution in [2.45, 2.75) is 44.2 Å². The average Bonchev–Trinajstić information content (AvgIpc) is 3.79. The molecule has 264 valence electrons. The predicted molar refractivity (Wildman–Crippen MR) is 208 cm³/mol.